The molecule has 10 nitrogen and oxygen atoms in total. The fourth-order valence-electron chi connectivity index (χ4n) is 3.22. The van der Waals surface area contributed by atoms with Crippen LogP contribution in [0, 0.1) is 11.8 Å². The van der Waals surface area contributed by atoms with E-state index in [0.717, 1.165) is 0 Å². The molecule has 3 amide bonds. The molecule has 1 unspecified atom stereocenters. The molecule has 0 saturated heterocycles. The molecule has 0 heterocycles. The third-order valence-electron chi connectivity index (χ3n) is 4.71. The van der Waals surface area contributed by atoms with Crippen LogP contribution >= 0.6 is 0 Å². The van der Waals surface area contributed by atoms with Crippen LogP contribution in [-0.4, -0.2) is 58.1 Å². The summed E-state index contributed by atoms with van der Waals surface area (Å²) in [6.07, 6.45) is 0.160. The zero-order valence-corrected chi connectivity index (χ0v) is 18.7. The molecule has 0 fully saturated rings. The first kappa shape index (κ1) is 26.6. The second kappa shape index (κ2) is 12.4. The van der Waals surface area contributed by atoms with Gasteiger partial charge in [-0.2, -0.15) is 0 Å². The van der Waals surface area contributed by atoms with Gasteiger partial charge in [-0.1, -0.05) is 27.2 Å². The first-order chi connectivity index (χ1) is 15.0. The van der Waals surface area contributed by atoms with Crippen molar-refractivity contribution in [2.75, 3.05) is 12.4 Å². The number of methoxy groups -OCH3 is 1. The zero-order chi connectivity index (χ0) is 24.4. The van der Waals surface area contributed by atoms with Crippen LogP contribution in [0.4, 0.5) is 10.5 Å². The lowest BCUT2D eigenvalue weighted by Crippen LogP contribution is -2.53. The molecule has 2 atom stereocenters. The normalized spacial score (nSPS) is 12.5. The summed E-state index contributed by atoms with van der Waals surface area (Å²) in [6.45, 7) is 5.27. The number of carbonyl (C=O) groups excluding carboxylic acids is 3. The number of nitrogens with one attached hydrogen (secondary N) is 1. The number of carbonyl (C=O) groups is 5. The summed E-state index contributed by atoms with van der Waals surface area (Å²) in [7, 11) is 1.23. The number of esters is 1. The molecule has 0 aliphatic carbocycles. The lowest BCUT2D eigenvalue weighted by atomic mass is 9.95. The largest absolute Gasteiger partial charge is 0.481 e. The van der Waals surface area contributed by atoms with Gasteiger partial charge in [0.15, 0.2) is 0 Å². The van der Waals surface area contributed by atoms with Gasteiger partial charge in [-0.05, 0) is 43.0 Å². The Balaban J connectivity index is 3.29. The number of hydrogen-bond acceptors (Lipinski definition) is 6. The van der Waals surface area contributed by atoms with Crippen molar-refractivity contribution in [2.45, 2.75) is 52.5 Å². The van der Waals surface area contributed by atoms with Crippen LogP contribution in [0.15, 0.2) is 24.3 Å². The van der Waals surface area contributed by atoms with Crippen molar-refractivity contribution in [1.82, 2.24) is 4.90 Å². The SMILES string of the molecule is CCCC(CC(=O)O)C(=O)N(C(=O)Nc1ccc(C(=O)OC)cc1)[C@@H](CC(C)C)C(=O)O. The van der Waals surface area contributed by atoms with E-state index in [0.29, 0.717) is 11.3 Å². The molecule has 0 aromatic heterocycles. The second-order valence-corrected chi connectivity index (χ2v) is 7.77. The van der Waals surface area contributed by atoms with E-state index in [4.69, 9.17) is 0 Å². The first-order valence-corrected chi connectivity index (χ1v) is 10.3. The van der Waals surface area contributed by atoms with Crippen LogP contribution in [-0.2, 0) is 19.1 Å². The summed E-state index contributed by atoms with van der Waals surface area (Å²) in [5.41, 5.74) is 0.463. The van der Waals surface area contributed by atoms with Crippen LogP contribution in [0.2, 0.25) is 0 Å². The summed E-state index contributed by atoms with van der Waals surface area (Å²) >= 11 is 0. The average molecular weight is 450 g/mol. The van der Waals surface area contributed by atoms with Crippen molar-refractivity contribution in [2.24, 2.45) is 11.8 Å². The number of rotatable bonds is 11. The van der Waals surface area contributed by atoms with Gasteiger partial charge in [0, 0.05) is 11.6 Å². The summed E-state index contributed by atoms with van der Waals surface area (Å²) in [6, 6.07) is 3.17. The standard InChI is InChI=1S/C22H30N2O8/c1-5-6-15(12-18(25)26)19(27)24(17(20(28)29)11-13(2)3)22(31)23-16-9-7-14(8-10-16)21(30)32-4/h7-10,13,15,17H,5-6,11-12H2,1-4H3,(H,23,31)(H,25,26)(H,28,29)/t15?,17-/m0/s1. The molecule has 32 heavy (non-hydrogen) atoms. The van der Waals surface area contributed by atoms with Gasteiger partial charge >= 0.3 is 23.9 Å². The predicted molar refractivity (Wildman–Crippen MR) is 115 cm³/mol. The number of hydrogen-bond donors (Lipinski definition) is 3. The minimum Gasteiger partial charge on any atom is -0.481 e. The van der Waals surface area contributed by atoms with Gasteiger partial charge in [0.05, 0.1) is 19.1 Å². The molecule has 1 aromatic rings. The maximum absolute atomic E-state index is 13.2. The highest BCUT2D eigenvalue weighted by Gasteiger charge is 2.39. The number of amides is 3. The van der Waals surface area contributed by atoms with Gasteiger partial charge in [-0.25, -0.2) is 19.3 Å². The van der Waals surface area contributed by atoms with Gasteiger partial charge in [-0.3, -0.25) is 9.59 Å². The van der Waals surface area contributed by atoms with Crippen LogP contribution in [0.25, 0.3) is 0 Å². The van der Waals surface area contributed by atoms with Gasteiger partial charge in [-0.15, -0.1) is 0 Å². The Morgan fingerprint density at radius 1 is 1.06 bits per heavy atom. The Labute approximate surface area is 186 Å². The molecule has 0 aliphatic rings. The molecule has 0 radical (unpaired) electrons. The number of ether oxygens (including phenoxy) is 1. The number of carboxylic acid groups (broad SMARTS) is 2. The van der Waals surface area contributed by atoms with E-state index in [9.17, 15) is 34.2 Å². The lowest BCUT2D eigenvalue weighted by Gasteiger charge is -2.31. The Hall–Kier alpha value is -3.43. The Morgan fingerprint density at radius 3 is 2.09 bits per heavy atom. The Morgan fingerprint density at radius 2 is 1.66 bits per heavy atom. The molecule has 0 aliphatic heterocycles. The molecule has 10 heteroatoms. The molecule has 0 saturated carbocycles. The topological polar surface area (TPSA) is 150 Å². The van der Waals surface area contributed by atoms with Crippen LogP contribution in [0.5, 0.6) is 0 Å². The van der Waals surface area contributed by atoms with Gasteiger partial charge < -0.3 is 20.3 Å². The molecule has 176 valence electrons. The van der Waals surface area contributed by atoms with Crippen LogP contribution in [0.3, 0.4) is 0 Å². The number of anilines is 1. The third-order valence-corrected chi connectivity index (χ3v) is 4.71. The second-order valence-electron chi connectivity index (χ2n) is 7.77. The third kappa shape index (κ3) is 7.68. The number of nitrogens with zero attached hydrogens (tertiary/aromatic N) is 1. The van der Waals surface area contributed by atoms with Crippen LogP contribution < -0.4 is 5.32 Å². The molecule has 1 aromatic carbocycles. The highest BCUT2D eigenvalue weighted by molar-refractivity contribution is 6.05. The summed E-state index contributed by atoms with van der Waals surface area (Å²) in [4.78, 5) is 61.6. The zero-order valence-electron chi connectivity index (χ0n) is 18.7. The van der Waals surface area contributed by atoms with Gasteiger partial charge in [0.25, 0.3) is 0 Å². The minimum atomic E-state index is -1.47. The number of benzene rings is 1. The maximum atomic E-state index is 13.2. The van der Waals surface area contributed by atoms with E-state index < -0.39 is 48.2 Å². The van der Waals surface area contributed by atoms with Crippen molar-refractivity contribution >= 4 is 35.5 Å². The highest BCUT2D eigenvalue weighted by atomic mass is 16.5. The van der Waals surface area contributed by atoms with Gasteiger partial charge in [0.1, 0.15) is 6.04 Å². The molecule has 1 rings (SSSR count). The van der Waals surface area contributed by atoms with Crippen molar-refractivity contribution in [3.63, 3.8) is 0 Å². The molecular weight excluding hydrogens is 420 g/mol. The first-order valence-electron chi connectivity index (χ1n) is 10.3. The van der Waals surface area contributed by atoms with Crippen molar-refractivity contribution in [3.05, 3.63) is 29.8 Å². The van der Waals surface area contributed by atoms with Gasteiger partial charge in [0.2, 0.25) is 5.91 Å². The summed E-state index contributed by atoms with van der Waals surface area (Å²) in [5.74, 6) is -5.20. The Bertz CT molecular complexity index is 835. The highest BCUT2D eigenvalue weighted by Crippen LogP contribution is 2.22. The summed E-state index contributed by atoms with van der Waals surface area (Å²) < 4.78 is 4.61. The number of imide groups is 1. The minimum absolute atomic E-state index is 0.00167. The van der Waals surface area contributed by atoms with Crippen molar-refractivity contribution in [3.8, 4) is 0 Å². The predicted octanol–water partition coefficient (Wildman–Crippen LogP) is 3.22. The van der Waals surface area contributed by atoms with Crippen molar-refractivity contribution in [1.29, 1.82) is 0 Å². The molecule has 0 bridgehead atoms. The Kier molecular flexibility index (Phi) is 10.3. The van der Waals surface area contributed by atoms with Crippen LogP contribution in [0.1, 0.15) is 56.8 Å². The van der Waals surface area contributed by atoms with E-state index in [1.165, 1.54) is 31.4 Å². The smallest absolute Gasteiger partial charge is 0.337 e. The number of carboxylic acids is 2. The van der Waals surface area contributed by atoms with Crippen molar-refractivity contribution < 1.29 is 38.9 Å². The molecular formula is C22H30N2O8. The van der Waals surface area contributed by atoms with E-state index in [2.05, 4.69) is 10.1 Å². The number of urea groups is 1. The van der Waals surface area contributed by atoms with E-state index in [1.54, 1.807) is 20.8 Å². The van der Waals surface area contributed by atoms with E-state index in [-0.39, 0.29) is 30.0 Å². The quantitative estimate of drug-likeness (QED) is 0.435. The summed E-state index contributed by atoms with van der Waals surface area (Å²) in [5, 5.41) is 21.4. The maximum Gasteiger partial charge on any atom is 0.337 e. The monoisotopic (exact) mass is 450 g/mol. The fourth-order valence-corrected chi connectivity index (χ4v) is 3.22. The fraction of sp³-hybridized carbons (Fsp3) is 0.500. The molecule has 3 N–H and O–H groups in total. The number of aliphatic carboxylic acids is 2. The molecule has 0 spiro atoms. The lowest BCUT2D eigenvalue weighted by molar-refractivity contribution is -0.151. The average Bonchev–Trinajstić information content (AvgIpc) is 2.72. The van der Waals surface area contributed by atoms with E-state index in [1.807, 2.05) is 0 Å². The van der Waals surface area contributed by atoms with E-state index >= 15 is 0 Å².